The van der Waals surface area contributed by atoms with Gasteiger partial charge in [0.15, 0.2) is 0 Å². The lowest BCUT2D eigenvalue weighted by Crippen LogP contribution is -2.49. The van der Waals surface area contributed by atoms with Gasteiger partial charge in [-0.2, -0.15) is 0 Å². The molecule has 3 rings (SSSR count). The van der Waals surface area contributed by atoms with Crippen LogP contribution in [0.5, 0.6) is 0 Å². The molecule has 2 heterocycles. The second kappa shape index (κ2) is 7.02. The number of carbonyl (C=O) groups is 1. The highest BCUT2D eigenvalue weighted by Crippen LogP contribution is 2.16. The molecule has 0 radical (unpaired) electrons. The smallest absolute Gasteiger partial charge is 0.237 e. The van der Waals surface area contributed by atoms with Crippen LogP contribution in [0.25, 0.3) is 0 Å². The van der Waals surface area contributed by atoms with E-state index in [1.165, 1.54) is 11.1 Å². The maximum atomic E-state index is 12.2. The van der Waals surface area contributed by atoms with Crippen molar-refractivity contribution in [2.45, 2.75) is 19.0 Å². The molecular weight excluding hydrogens is 266 g/mol. The van der Waals surface area contributed by atoms with Crippen molar-refractivity contribution in [3.63, 3.8) is 0 Å². The molecule has 2 aliphatic rings. The zero-order valence-electron chi connectivity index (χ0n) is 12.3. The van der Waals surface area contributed by atoms with Crippen molar-refractivity contribution in [2.24, 2.45) is 0 Å². The van der Waals surface area contributed by atoms with E-state index in [2.05, 4.69) is 27.7 Å². The molecule has 114 valence electrons. The van der Waals surface area contributed by atoms with Crippen molar-refractivity contribution < 1.29 is 9.53 Å². The second-order valence-electron chi connectivity index (χ2n) is 5.65. The molecule has 0 unspecified atom stereocenters. The van der Waals surface area contributed by atoms with Gasteiger partial charge in [-0.3, -0.25) is 9.69 Å². The van der Waals surface area contributed by atoms with E-state index in [1.54, 1.807) is 0 Å². The number of rotatable bonds is 4. The molecule has 0 aromatic heterocycles. The van der Waals surface area contributed by atoms with Crippen molar-refractivity contribution in [1.29, 1.82) is 0 Å². The number of benzene rings is 1. The van der Waals surface area contributed by atoms with Crippen LogP contribution >= 0.6 is 0 Å². The molecule has 1 fully saturated rings. The molecule has 1 atom stereocenters. The van der Waals surface area contributed by atoms with Crippen molar-refractivity contribution in [2.75, 3.05) is 39.4 Å². The summed E-state index contributed by atoms with van der Waals surface area (Å²) < 4.78 is 5.32. The normalized spacial score (nSPS) is 22.6. The van der Waals surface area contributed by atoms with Gasteiger partial charge in [-0.15, -0.1) is 0 Å². The van der Waals surface area contributed by atoms with Crippen LogP contribution in [0.1, 0.15) is 11.1 Å². The number of ether oxygens (including phenoxy) is 1. The summed E-state index contributed by atoms with van der Waals surface area (Å²) in [7, 11) is 0. The van der Waals surface area contributed by atoms with E-state index in [0.717, 1.165) is 45.8 Å². The van der Waals surface area contributed by atoms with Gasteiger partial charge in [0.05, 0.1) is 19.3 Å². The predicted octanol–water partition coefficient (Wildman–Crippen LogP) is 0.149. The number of hydrogen-bond acceptors (Lipinski definition) is 4. The second-order valence-corrected chi connectivity index (χ2v) is 5.65. The van der Waals surface area contributed by atoms with Gasteiger partial charge in [0.1, 0.15) is 0 Å². The fourth-order valence-electron chi connectivity index (χ4n) is 2.92. The average Bonchev–Trinajstić information content (AvgIpc) is 2.55. The first-order valence-corrected chi connectivity index (χ1v) is 7.71. The maximum absolute atomic E-state index is 12.2. The number of amides is 1. The Kier molecular flexibility index (Phi) is 4.85. The minimum atomic E-state index is -0.107. The highest BCUT2D eigenvalue weighted by atomic mass is 16.5. The summed E-state index contributed by atoms with van der Waals surface area (Å²) in [6.45, 7) is 5.91. The van der Waals surface area contributed by atoms with Gasteiger partial charge in [-0.1, -0.05) is 24.3 Å². The van der Waals surface area contributed by atoms with Crippen LogP contribution in [-0.4, -0.2) is 56.2 Å². The van der Waals surface area contributed by atoms with Crippen LogP contribution in [0.15, 0.2) is 24.3 Å². The Balaban J connectivity index is 1.44. The fourth-order valence-corrected chi connectivity index (χ4v) is 2.92. The van der Waals surface area contributed by atoms with Gasteiger partial charge in [0.25, 0.3) is 0 Å². The third-order valence-electron chi connectivity index (χ3n) is 4.23. The van der Waals surface area contributed by atoms with Gasteiger partial charge in [-0.25, -0.2) is 0 Å². The highest BCUT2D eigenvalue weighted by molar-refractivity contribution is 5.82. The SMILES string of the molecule is O=C(NCCN1CCOCC1)[C@@H]1Cc2ccccc2CN1. The molecule has 1 aromatic carbocycles. The molecular formula is C16H23N3O2. The van der Waals surface area contributed by atoms with Crippen LogP contribution in [-0.2, 0) is 22.5 Å². The van der Waals surface area contributed by atoms with E-state index in [1.807, 2.05) is 12.1 Å². The zero-order chi connectivity index (χ0) is 14.5. The maximum Gasteiger partial charge on any atom is 0.237 e. The number of nitrogens with one attached hydrogen (secondary N) is 2. The molecule has 1 aromatic rings. The van der Waals surface area contributed by atoms with Gasteiger partial charge >= 0.3 is 0 Å². The largest absolute Gasteiger partial charge is 0.379 e. The first-order chi connectivity index (χ1) is 10.3. The Morgan fingerprint density at radius 3 is 2.86 bits per heavy atom. The quantitative estimate of drug-likeness (QED) is 0.828. The van der Waals surface area contributed by atoms with Gasteiger partial charge in [-0.05, 0) is 17.5 Å². The number of carbonyl (C=O) groups excluding carboxylic acids is 1. The molecule has 0 bridgehead atoms. The van der Waals surface area contributed by atoms with Crippen molar-refractivity contribution in [1.82, 2.24) is 15.5 Å². The summed E-state index contributed by atoms with van der Waals surface area (Å²) in [5, 5.41) is 6.36. The van der Waals surface area contributed by atoms with Gasteiger partial charge in [0.2, 0.25) is 5.91 Å². The first-order valence-electron chi connectivity index (χ1n) is 7.71. The number of nitrogens with zero attached hydrogens (tertiary/aromatic N) is 1. The number of fused-ring (bicyclic) bond motifs is 1. The van der Waals surface area contributed by atoms with Crippen LogP contribution in [0.2, 0.25) is 0 Å². The molecule has 21 heavy (non-hydrogen) atoms. The van der Waals surface area contributed by atoms with Gasteiger partial charge in [0, 0.05) is 32.7 Å². The van der Waals surface area contributed by atoms with Crippen molar-refractivity contribution in [3.8, 4) is 0 Å². The monoisotopic (exact) mass is 289 g/mol. The standard InChI is InChI=1S/C16H23N3O2/c20-16(17-5-6-19-7-9-21-10-8-19)15-11-13-3-1-2-4-14(13)12-18-15/h1-4,15,18H,5-12H2,(H,17,20)/t15-/m0/s1. The number of hydrogen-bond donors (Lipinski definition) is 2. The molecule has 0 spiro atoms. The average molecular weight is 289 g/mol. The fraction of sp³-hybridized carbons (Fsp3) is 0.562. The van der Waals surface area contributed by atoms with Crippen LogP contribution in [0.3, 0.4) is 0 Å². The molecule has 1 amide bonds. The minimum absolute atomic E-state index is 0.107. The summed E-state index contributed by atoms with van der Waals surface area (Å²) >= 11 is 0. The Hall–Kier alpha value is -1.43. The van der Waals surface area contributed by atoms with Crippen LogP contribution in [0, 0.1) is 0 Å². The third kappa shape index (κ3) is 3.81. The highest BCUT2D eigenvalue weighted by Gasteiger charge is 2.23. The molecule has 0 saturated carbocycles. The predicted molar refractivity (Wildman–Crippen MR) is 81.0 cm³/mol. The summed E-state index contributed by atoms with van der Waals surface area (Å²) in [6.07, 6.45) is 0.777. The Labute approximate surface area is 125 Å². The summed E-state index contributed by atoms with van der Waals surface area (Å²) in [4.78, 5) is 14.6. The Morgan fingerprint density at radius 2 is 2.05 bits per heavy atom. The topological polar surface area (TPSA) is 53.6 Å². The summed E-state index contributed by atoms with van der Waals surface area (Å²) in [5.41, 5.74) is 2.58. The molecule has 5 heteroatoms. The van der Waals surface area contributed by atoms with Crippen molar-refractivity contribution >= 4 is 5.91 Å². The lowest BCUT2D eigenvalue weighted by Gasteiger charge is -2.28. The van der Waals surface area contributed by atoms with Gasteiger partial charge < -0.3 is 15.4 Å². The minimum Gasteiger partial charge on any atom is -0.379 e. The zero-order valence-corrected chi connectivity index (χ0v) is 12.3. The van der Waals surface area contributed by atoms with E-state index in [4.69, 9.17) is 4.74 Å². The number of morpholine rings is 1. The van der Waals surface area contributed by atoms with E-state index in [-0.39, 0.29) is 11.9 Å². The Bertz CT molecular complexity index is 486. The molecule has 2 N–H and O–H groups in total. The van der Waals surface area contributed by atoms with Crippen LogP contribution < -0.4 is 10.6 Å². The summed E-state index contributed by atoms with van der Waals surface area (Å²) in [5.74, 6) is 0.109. The lowest BCUT2D eigenvalue weighted by atomic mass is 9.95. The molecule has 1 saturated heterocycles. The van der Waals surface area contributed by atoms with E-state index in [0.29, 0.717) is 6.54 Å². The van der Waals surface area contributed by atoms with E-state index < -0.39 is 0 Å². The third-order valence-corrected chi connectivity index (χ3v) is 4.23. The molecule has 0 aliphatic carbocycles. The lowest BCUT2D eigenvalue weighted by molar-refractivity contribution is -0.123. The molecule has 5 nitrogen and oxygen atoms in total. The first kappa shape index (κ1) is 14.5. The van der Waals surface area contributed by atoms with E-state index in [9.17, 15) is 4.79 Å². The van der Waals surface area contributed by atoms with E-state index >= 15 is 0 Å². The van der Waals surface area contributed by atoms with Crippen molar-refractivity contribution in [3.05, 3.63) is 35.4 Å². The van der Waals surface area contributed by atoms with Crippen LogP contribution in [0.4, 0.5) is 0 Å². The molecule has 2 aliphatic heterocycles. The summed E-state index contributed by atoms with van der Waals surface area (Å²) in [6, 6.07) is 8.21. The Morgan fingerprint density at radius 1 is 1.29 bits per heavy atom.